The molecule has 2 aliphatic carbocycles. The zero-order chi connectivity index (χ0) is 35.6. The van der Waals surface area contributed by atoms with Crippen LogP contribution in [0.1, 0.15) is 179 Å². The molecule has 0 N–H and O–H groups in total. The molecule has 2 unspecified atom stereocenters. The van der Waals surface area contributed by atoms with Crippen LogP contribution in [0.3, 0.4) is 0 Å². The van der Waals surface area contributed by atoms with Gasteiger partial charge in [0.2, 0.25) is 0 Å². The van der Waals surface area contributed by atoms with Crippen molar-refractivity contribution in [1.82, 2.24) is 0 Å². The molecular weight excluding hydrogens is 540 g/mol. The number of hydrogen-bond donors (Lipinski definition) is 0. The van der Waals surface area contributed by atoms with Crippen LogP contribution in [-0.4, -0.2) is 0 Å². The third-order valence-electron chi connectivity index (χ3n) is 8.20. The van der Waals surface area contributed by atoms with Gasteiger partial charge in [-0.3, -0.25) is 0 Å². The molecule has 0 heterocycles. The predicted octanol–water partition coefficient (Wildman–Crippen LogP) is 16.2. The van der Waals surface area contributed by atoms with Gasteiger partial charge >= 0.3 is 0 Å². The Bertz CT molecular complexity index is 871. The summed E-state index contributed by atoms with van der Waals surface area (Å²) in [7, 11) is 0. The molecule has 0 nitrogen and oxygen atoms in total. The lowest BCUT2D eigenvalue weighted by atomic mass is 9.80. The molecule has 0 spiro atoms. The molecule has 0 aliphatic heterocycles. The number of hydrogen-bond acceptors (Lipinski definition) is 0. The molecule has 2 atom stereocenters. The first-order valence-corrected chi connectivity index (χ1v) is 19.0. The first kappa shape index (κ1) is 49.8. The molecule has 45 heavy (non-hydrogen) atoms. The second-order valence-corrected chi connectivity index (χ2v) is 11.8. The summed E-state index contributed by atoms with van der Waals surface area (Å²) in [6.07, 6.45) is 22.2. The van der Waals surface area contributed by atoms with Gasteiger partial charge in [-0.2, -0.15) is 0 Å². The third-order valence-corrected chi connectivity index (χ3v) is 8.20. The van der Waals surface area contributed by atoms with Gasteiger partial charge in [0.1, 0.15) is 0 Å². The summed E-state index contributed by atoms with van der Waals surface area (Å²) in [6.45, 7) is 40.8. The Morgan fingerprint density at radius 2 is 1.47 bits per heavy atom. The number of rotatable bonds is 9. The Balaban J connectivity index is -0.000000251. The van der Waals surface area contributed by atoms with Crippen molar-refractivity contribution in [3.8, 4) is 0 Å². The van der Waals surface area contributed by atoms with Crippen molar-refractivity contribution in [3.05, 3.63) is 89.6 Å². The van der Waals surface area contributed by atoms with E-state index < -0.39 is 0 Å². The van der Waals surface area contributed by atoms with Crippen LogP contribution >= 0.6 is 0 Å². The average Bonchev–Trinajstić information content (AvgIpc) is 3.08. The second-order valence-electron chi connectivity index (χ2n) is 11.8. The fraction of sp³-hybridized carbons (Fsp3) is 0.644. The summed E-state index contributed by atoms with van der Waals surface area (Å²) >= 11 is 0. The topological polar surface area (TPSA) is 0 Å². The van der Waals surface area contributed by atoms with Gasteiger partial charge in [-0.25, -0.2) is 0 Å². The van der Waals surface area contributed by atoms with Crippen LogP contribution in [0, 0.1) is 17.8 Å². The maximum absolute atomic E-state index is 3.98. The van der Waals surface area contributed by atoms with Gasteiger partial charge in [0.25, 0.3) is 0 Å². The fourth-order valence-corrected chi connectivity index (χ4v) is 5.46. The lowest BCUT2D eigenvalue weighted by molar-refractivity contribution is 0.404. The van der Waals surface area contributed by atoms with Crippen LogP contribution in [0.2, 0.25) is 0 Å². The molecule has 1 aromatic carbocycles. The molecule has 1 saturated carbocycles. The maximum Gasteiger partial charge on any atom is -0.0163 e. The van der Waals surface area contributed by atoms with Crippen LogP contribution in [0.25, 0.3) is 6.08 Å². The largest absolute Gasteiger partial charge is 0.103 e. The number of allylic oxidation sites excluding steroid dienone is 6. The smallest absolute Gasteiger partial charge is 0.0163 e. The lowest BCUT2D eigenvalue weighted by Crippen LogP contribution is -2.10. The molecule has 1 aromatic rings. The molecule has 3 rings (SSSR count). The molecule has 0 heteroatoms. The zero-order valence-electron chi connectivity index (χ0n) is 33.4. The average molecular weight is 623 g/mol. The standard InChI is InChI=1S/C14H24.C13H18.C9H16.C3H6.3C2H6/c1-5-7-13-10-9-11(3)12(4)14(13)8-6-2;1-4-11(3)9-13-8-6-7-12(5-2)10-13;1-8(2)9-6-4-3-5-7-9;1-3-2;3*1-2/h9,13H,5-8,10H2,1-4H3;5-8,10-11H,2,4,9H2,1,3H3;9H,1,3-7H2,2H3;3H,1H2,2H3;3*1-2H3. The highest BCUT2D eigenvalue weighted by Crippen LogP contribution is 2.35. The summed E-state index contributed by atoms with van der Waals surface area (Å²) in [5.41, 5.74) is 8.88. The summed E-state index contributed by atoms with van der Waals surface area (Å²) in [5, 5.41) is 0. The van der Waals surface area contributed by atoms with E-state index in [-0.39, 0.29) is 0 Å². The van der Waals surface area contributed by atoms with E-state index in [0.717, 1.165) is 17.8 Å². The quantitative estimate of drug-likeness (QED) is 0.240. The molecule has 0 amide bonds. The van der Waals surface area contributed by atoms with Gasteiger partial charge in [-0.1, -0.05) is 180 Å². The summed E-state index contributed by atoms with van der Waals surface area (Å²) in [5.74, 6) is 2.49. The van der Waals surface area contributed by atoms with Crippen molar-refractivity contribution in [2.75, 3.05) is 0 Å². The van der Waals surface area contributed by atoms with E-state index in [9.17, 15) is 0 Å². The highest BCUT2D eigenvalue weighted by atomic mass is 14.2. The summed E-state index contributed by atoms with van der Waals surface area (Å²) in [4.78, 5) is 0. The first-order chi connectivity index (χ1) is 21.7. The van der Waals surface area contributed by atoms with Crippen LogP contribution in [0.5, 0.6) is 0 Å². The van der Waals surface area contributed by atoms with Crippen LogP contribution in [0.4, 0.5) is 0 Å². The van der Waals surface area contributed by atoms with E-state index in [1.165, 1.54) is 99.3 Å². The van der Waals surface area contributed by atoms with E-state index in [1.54, 1.807) is 17.2 Å². The lowest BCUT2D eigenvalue weighted by Gasteiger charge is -2.26. The fourth-order valence-electron chi connectivity index (χ4n) is 5.46. The SMILES string of the molecule is C=C(C)C1CCCCC1.C=CC.C=Cc1cccc(CC(C)CC)c1.CC.CC.CC.CCCC1=C(C)C(C)=CCC1CCC. The third kappa shape index (κ3) is 25.8. The van der Waals surface area contributed by atoms with E-state index >= 15 is 0 Å². The van der Waals surface area contributed by atoms with Crippen LogP contribution in [-0.2, 0) is 6.42 Å². The molecule has 0 saturated heterocycles. The molecule has 0 radical (unpaired) electrons. The van der Waals surface area contributed by atoms with Gasteiger partial charge in [-0.15, -0.1) is 6.58 Å². The Hall–Kier alpha value is -2.08. The Kier molecular flexibility index (Phi) is 40.3. The summed E-state index contributed by atoms with van der Waals surface area (Å²) < 4.78 is 0. The molecular formula is C45H82. The van der Waals surface area contributed by atoms with Crippen molar-refractivity contribution < 1.29 is 0 Å². The van der Waals surface area contributed by atoms with Gasteiger partial charge in [0.05, 0.1) is 0 Å². The minimum Gasteiger partial charge on any atom is -0.103 e. The van der Waals surface area contributed by atoms with Crippen molar-refractivity contribution in [2.24, 2.45) is 17.8 Å². The van der Waals surface area contributed by atoms with Crippen LogP contribution < -0.4 is 0 Å². The minimum atomic E-state index is 0.778. The van der Waals surface area contributed by atoms with Crippen molar-refractivity contribution in [1.29, 1.82) is 0 Å². The molecule has 0 bridgehead atoms. The zero-order valence-corrected chi connectivity index (χ0v) is 33.4. The van der Waals surface area contributed by atoms with Gasteiger partial charge in [0.15, 0.2) is 0 Å². The van der Waals surface area contributed by atoms with Gasteiger partial charge in [-0.05, 0) is 101 Å². The van der Waals surface area contributed by atoms with E-state index in [1.807, 2.05) is 54.5 Å². The summed E-state index contributed by atoms with van der Waals surface area (Å²) in [6, 6.07) is 8.61. The minimum absolute atomic E-state index is 0.778. The van der Waals surface area contributed by atoms with Crippen LogP contribution in [0.15, 0.2) is 78.4 Å². The van der Waals surface area contributed by atoms with Crippen molar-refractivity contribution in [3.63, 3.8) is 0 Å². The highest BCUT2D eigenvalue weighted by Gasteiger charge is 2.18. The molecule has 2 aliphatic rings. The van der Waals surface area contributed by atoms with Gasteiger partial charge in [0, 0.05) is 0 Å². The van der Waals surface area contributed by atoms with Crippen molar-refractivity contribution in [2.45, 2.75) is 174 Å². The Morgan fingerprint density at radius 3 is 1.89 bits per heavy atom. The molecule has 262 valence electrons. The van der Waals surface area contributed by atoms with E-state index in [4.69, 9.17) is 0 Å². The number of benzene rings is 1. The normalized spacial score (nSPS) is 15.7. The van der Waals surface area contributed by atoms with E-state index in [0.29, 0.717) is 0 Å². The highest BCUT2D eigenvalue weighted by molar-refractivity contribution is 5.47. The predicted molar refractivity (Wildman–Crippen MR) is 215 cm³/mol. The van der Waals surface area contributed by atoms with Gasteiger partial charge < -0.3 is 0 Å². The van der Waals surface area contributed by atoms with Crippen molar-refractivity contribution >= 4 is 6.08 Å². The first-order valence-electron chi connectivity index (χ1n) is 19.0. The van der Waals surface area contributed by atoms with E-state index in [2.05, 4.69) is 98.5 Å². The Labute approximate surface area is 286 Å². The maximum atomic E-state index is 3.98. The molecule has 1 fully saturated rings. The Morgan fingerprint density at radius 1 is 0.911 bits per heavy atom. The second kappa shape index (κ2) is 36.4. The molecule has 0 aromatic heterocycles. The monoisotopic (exact) mass is 623 g/mol.